The molecule has 0 aliphatic rings. The Morgan fingerprint density at radius 2 is 1.79 bits per heavy atom. The third-order valence-corrected chi connectivity index (χ3v) is 5.41. The molecular weight excluding hydrogens is 384 g/mol. The van der Waals surface area contributed by atoms with Gasteiger partial charge in [-0.15, -0.1) is 0 Å². The van der Waals surface area contributed by atoms with E-state index in [1.54, 1.807) is 48.6 Å². The van der Waals surface area contributed by atoms with Crippen molar-refractivity contribution in [1.82, 2.24) is 14.5 Å². The predicted octanol–water partition coefficient (Wildman–Crippen LogP) is 3.54. The average molecular weight is 402 g/mol. The summed E-state index contributed by atoms with van der Waals surface area (Å²) in [7, 11) is 1.74. The fourth-order valence-electron chi connectivity index (χ4n) is 2.94. The molecular formula is C22H18N4O2S. The lowest BCUT2D eigenvalue weighted by Gasteiger charge is -2.18. The second-order valence-electron chi connectivity index (χ2n) is 6.34. The Morgan fingerprint density at radius 3 is 2.55 bits per heavy atom. The summed E-state index contributed by atoms with van der Waals surface area (Å²) in [5, 5.41) is 0.977. The second-order valence-corrected chi connectivity index (χ2v) is 7.28. The molecule has 0 fully saturated rings. The highest BCUT2D eigenvalue weighted by Gasteiger charge is 2.17. The monoisotopic (exact) mass is 402 g/mol. The van der Waals surface area contributed by atoms with Gasteiger partial charge in [0.05, 0.1) is 28.5 Å². The van der Waals surface area contributed by atoms with E-state index < -0.39 is 0 Å². The van der Waals surface area contributed by atoms with Crippen molar-refractivity contribution in [3.8, 4) is 5.69 Å². The molecule has 0 aliphatic heterocycles. The molecule has 6 nitrogen and oxygen atoms in total. The molecule has 144 valence electrons. The molecule has 0 saturated carbocycles. The third-order valence-electron chi connectivity index (χ3n) is 4.49. The second kappa shape index (κ2) is 8.28. The van der Waals surface area contributed by atoms with Gasteiger partial charge >= 0.3 is 0 Å². The number of anilines is 1. The number of hydrogen-bond acceptors (Lipinski definition) is 5. The van der Waals surface area contributed by atoms with Gasteiger partial charge < -0.3 is 4.90 Å². The maximum Gasteiger partial charge on any atom is 0.266 e. The number of para-hydroxylation sites is 2. The SMILES string of the molecule is CN(C(=O)CSc1nc2ccccc2c(=O)n1-c1cccnc1)c1ccccc1. The summed E-state index contributed by atoms with van der Waals surface area (Å²) >= 11 is 1.23. The van der Waals surface area contributed by atoms with Gasteiger partial charge in [-0.2, -0.15) is 0 Å². The summed E-state index contributed by atoms with van der Waals surface area (Å²) in [6, 6.07) is 20.2. The maximum absolute atomic E-state index is 13.1. The quantitative estimate of drug-likeness (QED) is 0.377. The Balaban J connectivity index is 1.69. The van der Waals surface area contributed by atoms with E-state index in [0.29, 0.717) is 21.7 Å². The molecule has 2 aromatic carbocycles. The predicted molar refractivity (Wildman–Crippen MR) is 116 cm³/mol. The lowest BCUT2D eigenvalue weighted by Crippen LogP contribution is -2.28. The molecule has 4 aromatic rings. The Morgan fingerprint density at radius 1 is 1.03 bits per heavy atom. The molecule has 7 heteroatoms. The van der Waals surface area contributed by atoms with Crippen molar-refractivity contribution in [2.45, 2.75) is 5.16 Å². The molecule has 0 saturated heterocycles. The number of nitrogens with zero attached hydrogens (tertiary/aromatic N) is 4. The van der Waals surface area contributed by atoms with Crippen LogP contribution in [-0.4, -0.2) is 33.2 Å². The first-order valence-corrected chi connectivity index (χ1v) is 10.0. The van der Waals surface area contributed by atoms with Crippen LogP contribution in [0.3, 0.4) is 0 Å². The Kier molecular flexibility index (Phi) is 5.39. The number of hydrogen-bond donors (Lipinski definition) is 0. The van der Waals surface area contributed by atoms with Crippen LogP contribution in [0.4, 0.5) is 5.69 Å². The van der Waals surface area contributed by atoms with E-state index in [4.69, 9.17) is 0 Å². The number of carbonyl (C=O) groups is 1. The van der Waals surface area contributed by atoms with Crippen molar-refractivity contribution in [3.63, 3.8) is 0 Å². The normalized spacial score (nSPS) is 10.8. The summed E-state index contributed by atoms with van der Waals surface area (Å²) in [5.41, 5.74) is 1.84. The summed E-state index contributed by atoms with van der Waals surface area (Å²) in [4.78, 5) is 36.2. The molecule has 29 heavy (non-hydrogen) atoms. The highest BCUT2D eigenvalue weighted by atomic mass is 32.2. The Hall–Kier alpha value is -3.45. The zero-order valence-electron chi connectivity index (χ0n) is 15.7. The van der Waals surface area contributed by atoms with Crippen molar-refractivity contribution in [2.24, 2.45) is 0 Å². The number of amides is 1. The number of carbonyl (C=O) groups excluding carboxylic acids is 1. The first kappa shape index (κ1) is 18.9. The summed E-state index contributed by atoms with van der Waals surface area (Å²) < 4.78 is 1.51. The van der Waals surface area contributed by atoms with Crippen molar-refractivity contribution in [2.75, 3.05) is 17.7 Å². The van der Waals surface area contributed by atoms with Gasteiger partial charge in [-0.05, 0) is 36.4 Å². The topological polar surface area (TPSA) is 68.1 Å². The minimum absolute atomic E-state index is 0.0821. The van der Waals surface area contributed by atoms with Crippen molar-refractivity contribution in [1.29, 1.82) is 0 Å². The van der Waals surface area contributed by atoms with Crippen molar-refractivity contribution >= 4 is 34.3 Å². The van der Waals surface area contributed by atoms with Gasteiger partial charge in [-0.1, -0.05) is 42.1 Å². The lowest BCUT2D eigenvalue weighted by molar-refractivity contribution is -0.115. The van der Waals surface area contributed by atoms with Crippen molar-refractivity contribution < 1.29 is 4.79 Å². The molecule has 0 atom stereocenters. The van der Waals surface area contributed by atoms with E-state index in [-0.39, 0.29) is 17.2 Å². The van der Waals surface area contributed by atoms with Gasteiger partial charge in [0.25, 0.3) is 5.56 Å². The number of benzene rings is 2. The van der Waals surface area contributed by atoms with Crippen LogP contribution in [0.25, 0.3) is 16.6 Å². The lowest BCUT2D eigenvalue weighted by atomic mass is 10.2. The van der Waals surface area contributed by atoms with Crippen LogP contribution in [0.1, 0.15) is 0 Å². The summed E-state index contributed by atoms with van der Waals surface area (Å²) in [5.74, 6) is 0.0672. The number of pyridine rings is 1. The summed E-state index contributed by atoms with van der Waals surface area (Å²) in [6.45, 7) is 0. The molecule has 2 heterocycles. The molecule has 0 unspecified atom stereocenters. The fourth-order valence-corrected chi connectivity index (χ4v) is 3.87. The van der Waals surface area contributed by atoms with Crippen LogP contribution in [-0.2, 0) is 4.79 Å². The molecule has 0 N–H and O–H groups in total. The van der Waals surface area contributed by atoms with E-state index in [1.807, 2.05) is 42.5 Å². The largest absolute Gasteiger partial charge is 0.315 e. The summed E-state index contributed by atoms with van der Waals surface area (Å²) in [6.07, 6.45) is 3.26. The van der Waals surface area contributed by atoms with Crippen LogP contribution in [0.2, 0.25) is 0 Å². The van der Waals surface area contributed by atoms with Crippen LogP contribution in [0, 0.1) is 0 Å². The first-order valence-electron chi connectivity index (χ1n) is 9.02. The minimum Gasteiger partial charge on any atom is -0.315 e. The van der Waals surface area contributed by atoms with E-state index >= 15 is 0 Å². The van der Waals surface area contributed by atoms with Gasteiger partial charge in [-0.25, -0.2) is 4.98 Å². The number of rotatable bonds is 5. The molecule has 0 aliphatic carbocycles. The van der Waals surface area contributed by atoms with Crippen LogP contribution >= 0.6 is 11.8 Å². The van der Waals surface area contributed by atoms with Gasteiger partial charge in [0.15, 0.2) is 5.16 Å². The van der Waals surface area contributed by atoms with E-state index in [0.717, 1.165) is 5.69 Å². The molecule has 2 aromatic heterocycles. The third kappa shape index (κ3) is 3.90. The minimum atomic E-state index is -0.185. The molecule has 0 spiro atoms. The number of thioether (sulfide) groups is 1. The fraction of sp³-hybridized carbons (Fsp3) is 0.0909. The number of aromatic nitrogens is 3. The maximum atomic E-state index is 13.1. The highest BCUT2D eigenvalue weighted by molar-refractivity contribution is 7.99. The van der Waals surface area contributed by atoms with Gasteiger partial charge in [0.2, 0.25) is 5.91 Å². The van der Waals surface area contributed by atoms with Gasteiger partial charge in [0, 0.05) is 18.9 Å². The first-order chi connectivity index (χ1) is 14.1. The standard InChI is InChI=1S/C22H18N4O2S/c1-25(16-8-3-2-4-9-16)20(27)15-29-22-24-19-12-6-5-11-18(19)21(28)26(22)17-10-7-13-23-14-17/h2-14H,15H2,1H3. The van der Waals surface area contributed by atoms with Crippen LogP contribution < -0.4 is 10.5 Å². The zero-order valence-corrected chi connectivity index (χ0v) is 16.5. The molecule has 0 bridgehead atoms. The molecule has 1 amide bonds. The smallest absolute Gasteiger partial charge is 0.266 e. The van der Waals surface area contributed by atoms with Gasteiger partial charge in [0.1, 0.15) is 0 Å². The van der Waals surface area contributed by atoms with Gasteiger partial charge in [-0.3, -0.25) is 19.1 Å². The van der Waals surface area contributed by atoms with E-state index in [1.165, 1.54) is 16.3 Å². The van der Waals surface area contributed by atoms with E-state index in [2.05, 4.69) is 9.97 Å². The Labute approximate surface area is 171 Å². The number of fused-ring (bicyclic) bond motifs is 1. The Bertz CT molecular complexity index is 1210. The zero-order chi connectivity index (χ0) is 20.2. The van der Waals surface area contributed by atoms with Crippen LogP contribution in [0.5, 0.6) is 0 Å². The van der Waals surface area contributed by atoms with Crippen molar-refractivity contribution in [3.05, 3.63) is 89.5 Å². The average Bonchev–Trinajstić information content (AvgIpc) is 2.78. The van der Waals surface area contributed by atoms with Crippen LogP contribution in [0.15, 0.2) is 89.1 Å². The highest BCUT2D eigenvalue weighted by Crippen LogP contribution is 2.22. The molecule has 0 radical (unpaired) electrons. The van der Waals surface area contributed by atoms with E-state index in [9.17, 15) is 9.59 Å². The molecule has 4 rings (SSSR count).